The van der Waals surface area contributed by atoms with Gasteiger partial charge in [-0.15, -0.1) is 0 Å². The van der Waals surface area contributed by atoms with Gasteiger partial charge in [0.1, 0.15) is 5.76 Å². The van der Waals surface area contributed by atoms with Gasteiger partial charge >= 0.3 is 0 Å². The number of methoxy groups -OCH3 is 1. The number of aliphatic hydroxyl groups excluding tert-OH is 1. The molecule has 33 heavy (non-hydrogen) atoms. The summed E-state index contributed by atoms with van der Waals surface area (Å²) in [5.74, 6) is -1.42. The number of Topliss-reactive ketones (excluding diaryl/α,β-unsaturated/α-hetero) is 1. The van der Waals surface area contributed by atoms with E-state index in [0.717, 1.165) is 22.0 Å². The van der Waals surface area contributed by atoms with E-state index in [-0.39, 0.29) is 11.3 Å². The summed E-state index contributed by atoms with van der Waals surface area (Å²) in [7, 11) is 5.50. The SMILES string of the molecule is COCCCN1C(=O)C(=O)/C(=C(\O)c2cccc3ccccc23)C1c1ccc(N(C)C)cc1. The fourth-order valence-corrected chi connectivity index (χ4v) is 4.37. The smallest absolute Gasteiger partial charge is 0.295 e. The van der Waals surface area contributed by atoms with Crippen LogP contribution in [-0.4, -0.2) is 56.1 Å². The quantitative estimate of drug-likeness (QED) is 0.254. The number of carbonyl (C=O) groups excluding carboxylic acids is 2. The van der Waals surface area contributed by atoms with Gasteiger partial charge in [0.05, 0.1) is 11.6 Å². The van der Waals surface area contributed by atoms with E-state index in [1.54, 1.807) is 18.1 Å². The summed E-state index contributed by atoms with van der Waals surface area (Å²) >= 11 is 0. The molecule has 1 fully saturated rings. The highest BCUT2D eigenvalue weighted by atomic mass is 16.5. The van der Waals surface area contributed by atoms with Crippen molar-refractivity contribution in [3.05, 3.63) is 83.4 Å². The number of fused-ring (bicyclic) bond motifs is 1. The minimum Gasteiger partial charge on any atom is -0.507 e. The first-order valence-corrected chi connectivity index (χ1v) is 11.0. The van der Waals surface area contributed by atoms with E-state index in [4.69, 9.17) is 4.74 Å². The van der Waals surface area contributed by atoms with Gasteiger partial charge in [-0.25, -0.2) is 0 Å². The third-order valence-corrected chi connectivity index (χ3v) is 6.06. The van der Waals surface area contributed by atoms with E-state index in [2.05, 4.69) is 0 Å². The van der Waals surface area contributed by atoms with Gasteiger partial charge < -0.3 is 19.6 Å². The standard InChI is InChI=1S/C27H28N2O4/c1-28(2)20-14-12-19(13-15-20)24-23(26(31)27(32)29(24)16-7-17-33-3)25(30)22-11-6-9-18-8-4-5-10-21(18)22/h4-6,8-15,24,30H,7,16-17H2,1-3H3/b25-23-. The average molecular weight is 445 g/mol. The highest BCUT2D eigenvalue weighted by molar-refractivity contribution is 6.46. The molecule has 0 radical (unpaired) electrons. The lowest BCUT2D eigenvalue weighted by Gasteiger charge is -2.26. The molecule has 0 spiro atoms. The highest BCUT2D eigenvalue weighted by Gasteiger charge is 2.45. The van der Waals surface area contributed by atoms with Crippen LogP contribution < -0.4 is 4.90 Å². The topological polar surface area (TPSA) is 70.1 Å². The van der Waals surface area contributed by atoms with Crippen LogP contribution in [0.4, 0.5) is 5.69 Å². The van der Waals surface area contributed by atoms with Gasteiger partial charge in [0.25, 0.3) is 11.7 Å². The van der Waals surface area contributed by atoms with Gasteiger partial charge in [-0.1, -0.05) is 54.6 Å². The summed E-state index contributed by atoms with van der Waals surface area (Å²) in [6.07, 6.45) is 0.587. The number of hydrogen-bond acceptors (Lipinski definition) is 5. The fraction of sp³-hybridized carbons (Fsp3) is 0.259. The van der Waals surface area contributed by atoms with Gasteiger partial charge in [0.2, 0.25) is 0 Å². The van der Waals surface area contributed by atoms with Crippen molar-refractivity contribution in [1.29, 1.82) is 0 Å². The second kappa shape index (κ2) is 9.46. The van der Waals surface area contributed by atoms with E-state index in [9.17, 15) is 14.7 Å². The highest BCUT2D eigenvalue weighted by Crippen LogP contribution is 2.40. The first-order chi connectivity index (χ1) is 15.9. The zero-order valence-electron chi connectivity index (χ0n) is 19.1. The lowest BCUT2D eigenvalue weighted by molar-refractivity contribution is -0.140. The first-order valence-electron chi connectivity index (χ1n) is 11.0. The number of carbonyl (C=O) groups is 2. The number of hydrogen-bond donors (Lipinski definition) is 1. The van der Waals surface area contributed by atoms with Crippen molar-refractivity contribution in [2.24, 2.45) is 0 Å². The van der Waals surface area contributed by atoms with Crippen LogP contribution in [-0.2, 0) is 14.3 Å². The normalized spacial score (nSPS) is 17.7. The predicted octanol–water partition coefficient (Wildman–Crippen LogP) is 4.36. The monoisotopic (exact) mass is 444 g/mol. The van der Waals surface area contributed by atoms with E-state index in [1.165, 1.54) is 0 Å². The van der Waals surface area contributed by atoms with Crippen LogP contribution >= 0.6 is 0 Å². The van der Waals surface area contributed by atoms with Crippen LogP contribution in [0.25, 0.3) is 16.5 Å². The van der Waals surface area contributed by atoms with Crippen molar-refractivity contribution in [3.8, 4) is 0 Å². The Hall–Kier alpha value is -3.64. The molecule has 0 saturated carbocycles. The number of ketones is 1. The Morgan fingerprint density at radius 3 is 2.39 bits per heavy atom. The summed E-state index contributed by atoms with van der Waals surface area (Å²) in [5, 5.41) is 13.2. The summed E-state index contributed by atoms with van der Waals surface area (Å²) < 4.78 is 5.15. The van der Waals surface area contributed by atoms with Crippen molar-refractivity contribution < 1.29 is 19.4 Å². The van der Waals surface area contributed by atoms with E-state index < -0.39 is 17.7 Å². The van der Waals surface area contributed by atoms with Crippen molar-refractivity contribution in [2.45, 2.75) is 12.5 Å². The molecule has 0 aliphatic carbocycles. The molecule has 1 unspecified atom stereocenters. The minimum atomic E-state index is -0.669. The summed E-state index contributed by atoms with van der Waals surface area (Å²) in [6.45, 7) is 0.823. The van der Waals surface area contributed by atoms with Gasteiger partial charge in [0, 0.05) is 45.6 Å². The maximum atomic E-state index is 13.2. The molecule has 1 heterocycles. The Kier molecular flexibility index (Phi) is 6.47. The molecule has 1 N–H and O–H groups in total. The zero-order valence-corrected chi connectivity index (χ0v) is 19.1. The predicted molar refractivity (Wildman–Crippen MR) is 130 cm³/mol. The maximum Gasteiger partial charge on any atom is 0.295 e. The molecule has 3 aromatic rings. The molecule has 170 valence electrons. The van der Waals surface area contributed by atoms with Crippen LogP contribution in [0.2, 0.25) is 0 Å². The lowest BCUT2D eigenvalue weighted by Crippen LogP contribution is -2.31. The van der Waals surface area contributed by atoms with Crippen LogP contribution in [0.15, 0.2) is 72.3 Å². The molecular weight excluding hydrogens is 416 g/mol. The molecule has 1 aliphatic rings. The lowest BCUT2D eigenvalue weighted by atomic mass is 9.93. The number of benzene rings is 3. The molecule has 6 heteroatoms. The van der Waals surface area contributed by atoms with Crippen molar-refractivity contribution in [3.63, 3.8) is 0 Å². The van der Waals surface area contributed by atoms with E-state index >= 15 is 0 Å². The molecule has 3 aromatic carbocycles. The molecule has 1 aliphatic heterocycles. The Balaban J connectivity index is 1.88. The molecule has 0 bridgehead atoms. The Labute approximate surface area is 193 Å². The number of likely N-dealkylation sites (tertiary alicyclic amines) is 1. The van der Waals surface area contributed by atoms with Crippen LogP contribution in [0.3, 0.4) is 0 Å². The van der Waals surface area contributed by atoms with Crippen molar-refractivity contribution >= 4 is 33.9 Å². The number of amides is 1. The molecule has 1 saturated heterocycles. The van der Waals surface area contributed by atoms with Crippen molar-refractivity contribution in [2.75, 3.05) is 39.3 Å². The van der Waals surface area contributed by atoms with Gasteiger partial charge in [0.15, 0.2) is 0 Å². The molecular formula is C27H28N2O4. The van der Waals surface area contributed by atoms with Gasteiger partial charge in [-0.3, -0.25) is 9.59 Å². The second-order valence-electron chi connectivity index (χ2n) is 8.35. The third-order valence-electron chi connectivity index (χ3n) is 6.06. The van der Waals surface area contributed by atoms with Gasteiger partial charge in [-0.2, -0.15) is 0 Å². The maximum absolute atomic E-state index is 13.2. The molecule has 6 nitrogen and oxygen atoms in total. The minimum absolute atomic E-state index is 0.117. The first kappa shape index (κ1) is 22.6. The number of aliphatic hydroxyl groups is 1. The molecule has 0 aromatic heterocycles. The van der Waals surface area contributed by atoms with E-state index in [1.807, 2.05) is 79.7 Å². The zero-order chi connectivity index (χ0) is 23.5. The Morgan fingerprint density at radius 2 is 1.70 bits per heavy atom. The Morgan fingerprint density at radius 1 is 1.00 bits per heavy atom. The average Bonchev–Trinajstić information content (AvgIpc) is 3.08. The molecule has 4 rings (SSSR count). The fourth-order valence-electron chi connectivity index (χ4n) is 4.37. The van der Waals surface area contributed by atoms with Crippen LogP contribution in [0, 0.1) is 0 Å². The second-order valence-corrected chi connectivity index (χ2v) is 8.35. The summed E-state index contributed by atoms with van der Waals surface area (Å²) in [5.41, 5.74) is 2.44. The number of anilines is 1. The van der Waals surface area contributed by atoms with Crippen LogP contribution in [0.5, 0.6) is 0 Å². The largest absolute Gasteiger partial charge is 0.507 e. The van der Waals surface area contributed by atoms with Crippen molar-refractivity contribution in [1.82, 2.24) is 4.90 Å². The van der Waals surface area contributed by atoms with Crippen LogP contribution in [0.1, 0.15) is 23.6 Å². The number of rotatable bonds is 7. The number of ether oxygens (including phenoxy) is 1. The summed E-state index contributed by atoms with van der Waals surface area (Å²) in [6, 6.07) is 20.3. The van der Waals surface area contributed by atoms with Gasteiger partial charge in [-0.05, 0) is 34.9 Å². The van der Waals surface area contributed by atoms with E-state index in [0.29, 0.717) is 25.1 Å². The third kappa shape index (κ3) is 4.22. The Bertz CT molecular complexity index is 1210. The summed E-state index contributed by atoms with van der Waals surface area (Å²) in [4.78, 5) is 29.8. The molecule has 1 atom stereocenters. The number of nitrogens with zero attached hydrogens (tertiary/aromatic N) is 2. The molecule has 1 amide bonds.